The van der Waals surface area contributed by atoms with Gasteiger partial charge in [-0.2, -0.15) is 0 Å². The summed E-state index contributed by atoms with van der Waals surface area (Å²) in [6.07, 6.45) is 2.91. The molecule has 0 bridgehead atoms. The van der Waals surface area contributed by atoms with E-state index in [2.05, 4.69) is 53.6 Å². The lowest BCUT2D eigenvalue weighted by molar-refractivity contribution is 0.466. The van der Waals surface area contributed by atoms with Crippen LogP contribution in [0.25, 0.3) is 0 Å². The van der Waals surface area contributed by atoms with E-state index in [0.717, 1.165) is 16.7 Å². The highest BCUT2D eigenvalue weighted by atomic mass is 79.9. The third-order valence-corrected chi connectivity index (χ3v) is 3.45. The van der Waals surface area contributed by atoms with Crippen LogP contribution in [-0.4, -0.2) is 17.6 Å². The Morgan fingerprint density at radius 3 is 2.64 bits per heavy atom. The Morgan fingerprint density at radius 2 is 2.14 bits per heavy atom. The van der Waals surface area contributed by atoms with Gasteiger partial charge in [0.25, 0.3) is 0 Å². The van der Waals surface area contributed by atoms with Crippen molar-refractivity contribution in [1.82, 2.24) is 4.98 Å². The molecule has 78 valence electrons. The number of hydrogen-bond acceptors (Lipinski definition) is 2. The van der Waals surface area contributed by atoms with E-state index >= 15 is 0 Å². The molecule has 0 aromatic carbocycles. The van der Waals surface area contributed by atoms with Crippen molar-refractivity contribution in [3.05, 3.63) is 22.8 Å². The Bertz CT molecular complexity index is 310. The summed E-state index contributed by atoms with van der Waals surface area (Å²) in [7, 11) is 2.08. The third-order valence-electron chi connectivity index (χ3n) is 2.83. The van der Waals surface area contributed by atoms with Crippen molar-refractivity contribution in [2.45, 2.75) is 32.7 Å². The number of hydrogen-bond donors (Lipinski definition) is 0. The maximum atomic E-state index is 4.37. The summed E-state index contributed by atoms with van der Waals surface area (Å²) in [5.74, 6) is 0.999. The first-order chi connectivity index (χ1) is 6.49. The fourth-order valence-corrected chi connectivity index (χ4v) is 1.67. The summed E-state index contributed by atoms with van der Waals surface area (Å²) in [6, 6.07) is 3.95. The number of halogens is 1. The Kier molecular flexibility index (Phi) is 3.53. The molecule has 1 aromatic rings. The molecular weight excluding hydrogens is 240 g/mol. The van der Waals surface area contributed by atoms with E-state index < -0.39 is 0 Å². The van der Waals surface area contributed by atoms with E-state index in [9.17, 15) is 0 Å². The van der Waals surface area contributed by atoms with Crippen LogP contribution in [0.15, 0.2) is 22.8 Å². The minimum absolute atomic E-state index is 0.136. The summed E-state index contributed by atoms with van der Waals surface area (Å²) in [5, 5.41) is 0. The molecule has 1 aromatic heterocycles. The van der Waals surface area contributed by atoms with Crippen molar-refractivity contribution >= 4 is 21.7 Å². The lowest BCUT2D eigenvalue weighted by atomic mass is 10.00. The molecule has 0 N–H and O–H groups in total. The monoisotopic (exact) mass is 256 g/mol. The van der Waals surface area contributed by atoms with Crippen LogP contribution in [-0.2, 0) is 0 Å². The molecule has 1 rings (SSSR count). The van der Waals surface area contributed by atoms with Crippen LogP contribution in [0.1, 0.15) is 27.2 Å². The maximum Gasteiger partial charge on any atom is 0.143 e. The summed E-state index contributed by atoms with van der Waals surface area (Å²) in [5.41, 5.74) is 0.136. The average Bonchev–Trinajstić information content (AvgIpc) is 2.17. The topological polar surface area (TPSA) is 16.1 Å². The van der Waals surface area contributed by atoms with Gasteiger partial charge in [0.05, 0.1) is 4.47 Å². The van der Waals surface area contributed by atoms with Gasteiger partial charge in [-0.15, -0.1) is 0 Å². The van der Waals surface area contributed by atoms with E-state index in [4.69, 9.17) is 0 Å². The molecule has 0 amide bonds. The SMILES string of the molecule is CCC(C)(C)N(C)c1ncccc1Br. The van der Waals surface area contributed by atoms with E-state index in [-0.39, 0.29) is 5.54 Å². The van der Waals surface area contributed by atoms with Gasteiger partial charge in [-0.3, -0.25) is 0 Å². The van der Waals surface area contributed by atoms with Crippen molar-refractivity contribution < 1.29 is 0 Å². The summed E-state index contributed by atoms with van der Waals surface area (Å²) >= 11 is 3.51. The molecule has 0 fully saturated rings. The van der Waals surface area contributed by atoms with Gasteiger partial charge < -0.3 is 4.90 Å². The van der Waals surface area contributed by atoms with Gasteiger partial charge in [0.2, 0.25) is 0 Å². The molecule has 0 radical (unpaired) electrons. The molecule has 0 unspecified atom stereocenters. The van der Waals surface area contributed by atoms with Crippen molar-refractivity contribution in [2.75, 3.05) is 11.9 Å². The number of pyridine rings is 1. The molecule has 1 heterocycles. The Balaban J connectivity index is 3.00. The van der Waals surface area contributed by atoms with Crippen LogP contribution in [0, 0.1) is 0 Å². The molecule has 0 aliphatic carbocycles. The highest BCUT2D eigenvalue weighted by Gasteiger charge is 2.23. The number of aromatic nitrogens is 1. The summed E-state index contributed by atoms with van der Waals surface area (Å²) in [6.45, 7) is 6.62. The largest absolute Gasteiger partial charge is 0.354 e. The fraction of sp³-hybridized carbons (Fsp3) is 0.545. The van der Waals surface area contributed by atoms with Crippen LogP contribution in [0.3, 0.4) is 0 Å². The van der Waals surface area contributed by atoms with Gasteiger partial charge in [-0.25, -0.2) is 4.98 Å². The van der Waals surface area contributed by atoms with Crippen LogP contribution in [0.2, 0.25) is 0 Å². The molecule has 2 nitrogen and oxygen atoms in total. The first-order valence-corrected chi connectivity index (χ1v) is 5.62. The van der Waals surface area contributed by atoms with E-state index in [0.29, 0.717) is 0 Å². The van der Waals surface area contributed by atoms with Crippen LogP contribution in [0.5, 0.6) is 0 Å². The predicted molar refractivity (Wildman–Crippen MR) is 64.7 cm³/mol. The highest BCUT2D eigenvalue weighted by Crippen LogP contribution is 2.28. The molecule has 0 aliphatic heterocycles. The molecule has 0 aliphatic rings. The molecular formula is C11H17BrN2. The third kappa shape index (κ3) is 2.27. The summed E-state index contributed by atoms with van der Waals surface area (Å²) < 4.78 is 1.05. The molecule has 14 heavy (non-hydrogen) atoms. The first kappa shape index (κ1) is 11.5. The molecule has 0 saturated carbocycles. The van der Waals surface area contributed by atoms with Crippen molar-refractivity contribution in [1.29, 1.82) is 0 Å². The second kappa shape index (κ2) is 4.30. The minimum atomic E-state index is 0.136. The molecule has 0 atom stereocenters. The van der Waals surface area contributed by atoms with E-state index in [1.54, 1.807) is 0 Å². The fourth-order valence-electron chi connectivity index (χ4n) is 1.15. The van der Waals surface area contributed by atoms with Crippen molar-refractivity contribution in [3.8, 4) is 0 Å². The predicted octanol–water partition coefficient (Wildman–Crippen LogP) is 3.47. The Morgan fingerprint density at radius 1 is 1.50 bits per heavy atom. The maximum absolute atomic E-state index is 4.37. The quantitative estimate of drug-likeness (QED) is 0.824. The number of rotatable bonds is 3. The minimum Gasteiger partial charge on any atom is -0.354 e. The smallest absolute Gasteiger partial charge is 0.143 e. The Hall–Kier alpha value is -0.570. The van der Waals surface area contributed by atoms with E-state index in [1.807, 2.05) is 18.3 Å². The Labute approximate surface area is 94.5 Å². The lowest BCUT2D eigenvalue weighted by Gasteiger charge is -2.36. The zero-order valence-electron chi connectivity index (χ0n) is 9.21. The molecule has 3 heteroatoms. The average molecular weight is 257 g/mol. The van der Waals surface area contributed by atoms with Crippen LogP contribution >= 0.6 is 15.9 Å². The second-order valence-corrected chi connectivity index (χ2v) is 4.89. The molecule has 0 saturated heterocycles. The first-order valence-electron chi connectivity index (χ1n) is 4.83. The molecule has 0 spiro atoms. The zero-order valence-corrected chi connectivity index (χ0v) is 10.8. The van der Waals surface area contributed by atoms with Gasteiger partial charge in [-0.1, -0.05) is 6.92 Å². The van der Waals surface area contributed by atoms with Gasteiger partial charge in [-0.05, 0) is 48.3 Å². The number of anilines is 1. The highest BCUT2D eigenvalue weighted by molar-refractivity contribution is 9.10. The zero-order chi connectivity index (χ0) is 10.8. The van der Waals surface area contributed by atoms with Crippen molar-refractivity contribution in [2.24, 2.45) is 0 Å². The van der Waals surface area contributed by atoms with Crippen molar-refractivity contribution in [3.63, 3.8) is 0 Å². The van der Waals surface area contributed by atoms with Gasteiger partial charge in [0.15, 0.2) is 0 Å². The lowest BCUT2D eigenvalue weighted by Crippen LogP contribution is -2.41. The van der Waals surface area contributed by atoms with E-state index in [1.165, 1.54) is 0 Å². The summed E-state index contributed by atoms with van der Waals surface area (Å²) in [4.78, 5) is 6.58. The van der Waals surface area contributed by atoms with Gasteiger partial charge >= 0.3 is 0 Å². The van der Waals surface area contributed by atoms with Crippen LogP contribution < -0.4 is 4.90 Å². The normalized spacial score (nSPS) is 11.5. The standard InChI is InChI=1S/C11H17BrN2/c1-5-11(2,3)14(4)10-9(12)7-6-8-13-10/h6-8H,5H2,1-4H3. The number of nitrogens with zero attached hydrogens (tertiary/aromatic N) is 2. The van der Waals surface area contributed by atoms with Gasteiger partial charge in [0.1, 0.15) is 5.82 Å². The van der Waals surface area contributed by atoms with Gasteiger partial charge in [0, 0.05) is 18.8 Å². The second-order valence-electron chi connectivity index (χ2n) is 4.03. The van der Waals surface area contributed by atoms with Crippen LogP contribution in [0.4, 0.5) is 5.82 Å².